The highest BCUT2D eigenvalue weighted by atomic mass is 16.1. The zero-order valence-corrected chi connectivity index (χ0v) is 9.02. The average molecular weight is 183 g/mol. The Labute approximate surface area is 81.4 Å². The van der Waals surface area contributed by atoms with Crippen LogP contribution >= 0.6 is 0 Å². The van der Waals surface area contributed by atoms with Crippen LogP contribution in [0.15, 0.2) is 12.2 Å². The van der Waals surface area contributed by atoms with Gasteiger partial charge < -0.3 is 5.32 Å². The summed E-state index contributed by atoms with van der Waals surface area (Å²) in [7, 11) is 0. The van der Waals surface area contributed by atoms with Gasteiger partial charge in [-0.25, -0.2) is 0 Å². The maximum Gasteiger partial charge on any atom is 0.223 e. The Balaban J connectivity index is 4.06. The molecule has 0 heterocycles. The van der Waals surface area contributed by atoms with Crippen LogP contribution in [0.5, 0.6) is 0 Å². The van der Waals surface area contributed by atoms with Gasteiger partial charge in [0.15, 0.2) is 0 Å². The quantitative estimate of drug-likeness (QED) is 0.630. The molecule has 0 aromatic rings. The van der Waals surface area contributed by atoms with Gasteiger partial charge in [0.1, 0.15) is 0 Å². The molecule has 2 nitrogen and oxygen atoms in total. The van der Waals surface area contributed by atoms with Crippen LogP contribution in [0.2, 0.25) is 0 Å². The van der Waals surface area contributed by atoms with E-state index in [1.807, 2.05) is 13.8 Å². The van der Waals surface area contributed by atoms with E-state index >= 15 is 0 Å². The lowest BCUT2D eigenvalue weighted by atomic mass is 9.95. The van der Waals surface area contributed by atoms with E-state index in [1.165, 1.54) is 0 Å². The van der Waals surface area contributed by atoms with Crippen molar-refractivity contribution >= 4 is 5.91 Å². The number of allylic oxidation sites excluding steroid dienone is 1. The van der Waals surface area contributed by atoms with Gasteiger partial charge in [-0.2, -0.15) is 0 Å². The highest BCUT2D eigenvalue weighted by Gasteiger charge is 2.16. The number of carbonyl (C=O) groups excluding carboxylic acids is 1. The predicted molar refractivity (Wildman–Crippen MR) is 56.5 cm³/mol. The Kier molecular flexibility index (Phi) is 6.29. The Morgan fingerprint density at radius 3 is 2.46 bits per heavy atom. The lowest BCUT2D eigenvalue weighted by Crippen LogP contribution is -2.30. The van der Waals surface area contributed by atoms with Crippen LogP contribution in [0, 0.1) is 5.92 Å². The van der Waals surface area contributed by atoms with E-state index in [1.54, 1.807) is 0 Å². The van der Waals surface area contributed by atoms with E-state index in [-0.39, 0.29) is 11.8 Å². The third-order valence-corrected chi connectivity index (χ3v) is 1.95. The van der Waals surface area contributed by atoms with Crippen molar-refractivity contribution in [3.8, 4) is 0 Å². The van der Waals surface area contributed by atoms with Gasteiger partial charge in [0.2, 0.25) is 5.91 Å². The molecule has 0 aromatic carbocycles. The summed E-state index contributed by atoms with van der Waals surface area (Å²) in [5.74, 6) is 0.301. The molecule has 13 heavy (non-hydrogen) atoms. The van der Waals surface area contributed by atoms with Gasteiger partial charge in [0, 0.05) is 12.5 Å². The Morgan fingerprint density at radius 1 is 1.46 bits per heavy atom. The molecular weight excluding hydrogens is 162 g/mol. The van der Waals surface area contributed by atoms with Crippen molar-refractivity contribution in [1.82, 2.24) is 5.32 Å². The van der Waals surface area contributed by atoms with Gasteiger partial charge in [0.05, 0.1) is 0 Å². The van der Waals surface area contributed by atoms with Gasteiger partial charge >= 0.3 is 0 Å². The molecule has 0 aromatic heterocycles. The Hall–Kier alpha value is -0.790. The van der Waals surface area contributed by atoms with E-state index < -0.39 is 0 Å². The van der Waals surface area contributed by atoms with Gasteiger partial charge in [-0.15, -0.1) is 6.58 Å². The van der Waals surface area contributed by atoms with Crippen molar-refractivity contribution in [3.63, 3.8) is 0 Å². The monoisotopic (exact) mass is 183 g/mol. The van der Waals surface area contributed by atoms with Crippen LogP contribution < -0.4 is 5.32 Å². The van der Waals surface area contributed by atoms with Crippen molar-refractivity contribution in [2.45, 2.75) is 40.0 Å². The number of carbonyl (C=O) groups is 1. The smallest absolute Gasteiger partial charge is 0.223 e. The molecule has 0 bridgehead atoms. The third kappa shape index (κ3) is 5.45. The highest BCUT2D eigenvalue weighted by molar-refractivity contribution is 5.78. The molecule has 0 saturated carbocycles. The molecular formula is C11H21NO. The summed E-state index contributed by atoms with van der Waals surface area (Å²) < 4.78 is 0. The molecule has 1 atom stereocenters. The predicted octanol–water partition coefficient (Wildman–Crippen LogP) is 2.51. The van der Waals surface area contributed by atoms with E-state index in [0.717, 1.165) is 31.4 Å². The van der Waals surface area contributed by atoms with Gasteiger partial charge in [-0.1, -0.05) is 18.9 Å². The van der Waals surface area contributed by atoms with Crippen LogP contribution in [0.3, 0.4) is 0 Å². The summed E-state index contributed by atoms with van der Waals surface area (Å²) in [6.07, 6.45) is 2.83. The largest absolute Gasteiger partial charge is 0.356 e. The van der Waals surface area contributed by atoms with Gasteiger partial charge in [0.25, 0.3) is 0 Å². The van der Waals surface area contributed by atoms with Gasteiger partial charge in [-0.05, 0) is 26.7 Å². The first-order valence-electron chi connectivity index (χ1n) is 5.03. The SMILES string of the molecule is C=C(C)CC(CCC)C(=O)NCC. The number of hydrogen-bond acceptors (Lipinski definition) is 1. The summed E-state index contributed by atoms with van der Waals surface area (Å²) in [4.78, 5) is 11.5. The first-order valence-corrected chi connectivity index (χ1v) is 5.03. The maximum atomic E-state index is 11.5. The minimum atomic E-state index is 0.127. The molecule has 1 amide bonds. The van der Waals surface area contributed by atoms with Crippen molar-refractivity contribution in [1.29, 1.82) is 0 Å². The van der Waals surface area contributed by atoms with Gasteiger partial charge in [-0.3, -0.25) is 4.79 Å². The number of rotatable bonds is 6. The molecule has 0 rings (SSSR count). The van der Waals surface area contributed by atoms with Crippen molar-refractivity contribution in [3.05, 3.63) is 12.2 Å². The van der Waals surface area contributed by atoms with Crippen LogP contribution in [-0.2, 0) is 4.79 Å². The fourth-order valence-electron chi connectivity index (χ4n) is 1.41. The molecule has 0 aliphatic rings. The molecule has 0 fully saturated rings. The van der Waals surface area contributed by atoms with Crippen LogP contribution in [0.25, 0.3) is 0 Å². The minimum absolute atomic E-state index is 0.127. The number of hydrogen-bond donors (Lipinski definition) is 1. The average Bonchev–Trinajstić information content (AvgIpc) is 2.03. The van der Waals surface area contributed by atoms with E-state index in [2.05, 4.69) is 18.8 Å². The van der Waals surface area contributed by atoms with E-state index in [9.17, 15) is 4.79 Å². The summed E-state index contributed by atoms with van der Waals surface area (Å²) in [5.41, 5.74) is 1.09. The molecule has 0 spiro atoms. The lowest BCUT2D eigenvalue weighted by molar-refractivity contribution is -0.125. The van der Waals surface area contributed by atoms with Crippen LogP contribution in [0.1, 0.15) is 40.0 Å². The standard InChI is InChI=1S/C11H21NO/c1-5-7-10(8-9(3)4)11(13)12-6-2/h10H,3,5-8H2,1-2,4H3,(H,12,13). The highest BCUT2D eigenvalue weighted by Crippen LogP contribution is 2.15. The van der Waals surface area contributed by atoms with Crippen molar-refractivity contribution in [2.24, 2.45) is 5.92 Å². The molecule has 0 saturated heterocycles. The number of amides is 1. The van der Waals surface area contributed by atoms with E-state index in [4.69, 9.17) is 0 Å². The molecule has 76 valence electrons. The summed E-state index contributed by atoms with van der Waals surface area (Å²) in [6.45, 7) is 10.6. The van der Waals surface area contributed by atoms with E-state index in [0.29, 0.717) is 0 Å². The molecule has 0 aliphatic carbocycles. The minimum Gasteiger partial charge on any atom is -0.356 e. The topological polar surface area (TPSA) is 29.1 Å². The Bertz CT molecular complexity index is 175. The fraction of sp³-hybridized carbons (Fsp3) is 0.727. The van der Waals surface area contributed by atoms with Crippen molar-refractivity contribution < 1.29 is 4.79 Å². The first kappa shape index (κ1) is 12.2. The number of nitrogens with one attached hydrogen (secondary N) is 1. The fourth-order valence-corrected chi connectivity index (χ4v) is 1.41. The lowest BCUT2D eigenvalue weighted by Gasteiger charge is -2.14. The summed E-state index contributed by atoms with van der Waals surface area (Å²) >= 11 is 0. The zero-order chi connectivity index (χ0) is 10.3. The molecule has 2 heteroatoms. The van der Waals surface area contributed by atoms with Crippen molar-refractivity contribution in [2.75, 3.05) is 6.54 Å². The van der Waals surface area contributed by atoms with Crippen LogP contribution in [-0.4, -0.2) is 12.5 Å². The molecule has 1 unspecified atom stereocenters. The summed E-state index contributed by atoms with van der Waals surface area (Å²) in [5, 5.41) is 2.86. The maximum absolute atomic E-state index is 11.5. The zero-order valence-electron chi connectivity index (χ0n) is 9.02. The summed E-state index contributed by atoms with van der Waals surface area (Å²) in [6, 6.07) is 0. The van der Waals surface area contributed by atoms with Crippen LogP contribution in [0.4, 0.5) is 0 Å². The molecule has 0 radical (unpaired) electrons. The second kappa shape index (κ2) is 6.70. The molecule has 0 aliphatic heterocycles. The first-order chi connectivity index (χ1) is 6.11. The second-order valence-electron chi connectivity index (χ2n) is 3.54. The second-order valence-corrected chi connectivity index (χ2v) is 3.54. The third-order valence-electron chi connectivity index (χ3n) is 1.95. The Morgan fingerprint density at radius 2 is 2.08 bits per heavy atom. The molecule has 1 N–H and O–H groups in total. The normalized spacial score (nSPS) is 12.2.